The van der Waals surface area contributed by atoms with Crippen LogP contribution in [-0.2, 0) is 4.79 Å². The highest BCUT2D eigenvalue weighted by Gasteiger charge is 2.39. The number of nitrogens with zero attached hydrogens (tertiary/aromatic N) is 1. The van der Waals surface area contributed by atoms with Crippen LogP contribution in [0.25, 0.3) is 0 Å². The van der Waals surface area contributed by atoms with Gasteiger partial charge in [-0.3, -0.25) is 9.69 Å². The fourth-order valence-corrected chi connectivity index (χ4v) is 2.66. The van der Waals surface area contributed by atoms with E-state index in [0.29, 0.717) is 12.8 Å². The number of aliphatic carboxylic acids is 1. The SMILES string of the molecule is CN(CC(F)F)CC1(C(=O)O)CCCCCC1. The van der Waals surface area contributed by atoms with Crippen LogP contribution in [0.2, 0.25) is 0 Å². The van der Waals surface area contributed by atoms with Crippen molar-refractivity contribution in [2.75, 3.05) is 20.1 Å². The molecule has 0 spiro atoms. The van der Waals surface area contributed by atoms with Gasteiger partial charge in [0.2, 0.25) is 0 Å². The molecule has 0 aromatic heterocycles. The van der Waals surface area contributed by atoms with Crippen LogP contribution in [0, 0.1) is 5.41 Å². The molecule has 0 bridgehead atoms. The van der Waals surface area contributed by atoms with Gasteiger partial charge in [-0.05, 0) is 19.9 Å². The lowest BCUT2D eigenvalue weighted by Gasteiger charge is -2.32. The predicted molar refractivity (Wildman–Crippen MR) is 61.3 cm³/mol. The maximum atomic E-state index is 12.3. The minimum Gasteiger partial charge on any atom is -0.481 e. The monoisotopic (exact) mass is 249 g/mol. The van der Waals surface area contributed by atoms with Crippen LogP contribution in [0.3, 0.4) is 0 Å². The van der Waals surface area contributed by atoms with Crippen LogP contribution in [0.1, 0.15) is 38.5 Å². The van der Waals surface area contributed by atoms with Gasteiger partial charge < -0.3 is 5.11 Å². The highest BCUT2D eigenvalue weighted by Crippen LogP contribution is 2.36. The Morgan fingerprint density at radius 3 is 2.24 bits per heavy atom. The van der Waals surface area contributed by atoms with Crippen molar-refractivity contribution < 1.29 is 18.7 Å². The van der Waals surface area contributed by atoms with Gasteiger partial charge in [0.05, 0.1) is 12.0 Å². The molecule has 100 valence electrons. The van der Waals surface area contributed by atoms with E-state index in [-0.39, 0.29) is 13.1 Å². The second-order valence-corrected chi connectivity index (χ2v) is 5.09. The Balaban J connectivity index is 2.66. The van der Waals surface area contributed by atoms with E-state index in [1.54, 1.807) is 7.05 Å². The molecule has 5 heteroatoms. The number of alkyl halides is 2. The van der Waals surface area contributed by atoms with Crippen molar-refractivity contribution in [2.24, 2.45) is 5.41 Å². The van der Waals surface area contributed by atoms with Crippen LogP contribution in [0.5, 0.6) is 0 Å². The number of hydrogen-bond donors (Lipinski definition) is 1. The van der Waals surface area contributed by atoms with E-state index >= 15 is 0 Å². The van der Waals surface area contributed by atoms with Crippen molar-refractivity contribution in [3.8, 4) is 0 Å². The van der Waals surface area contributed by atoms with E-state index in [1.807, 2.05) is 0 Å². The van der Waals surface area contributed by atoms with Gasteiger partial charge in [-0.15, -0.1) is 0 Å². The molecule has 1 aliphatic rings. The molecule has 0 aromatic rings. The fraction of sp³-hybridized carbons (Fsp3) is 0.917. The highest BCUT2D eigenvalue weighted by atomic mass is 19.3. The van der Waals surface area contributed by atoms with Crippen LogP contribution in [-0.4, -0.2) is 42.5 Å². The van der Waals surface area contributed by atoms with Gasteiger partial charge in [0.1, 0.15) is 0 Å². The molecule has 0 aromatic carbocycles. The minimum absolute atomic E-state index is 0.229. The molecule has 0 radical (unpaired) electrons. The number of rotatable bonds is 5. The van der Waals surface area contributed by atoms with Crippen molar-refractivity contribution in [2.45, 2.75) is 45.0 Å². The lowest BCUT2D eigenvalue weighted by atomic mass is 9.80. The topological polar surface area (TPSA) is 40.5 Å². The van der Waals surface area contributed by atoms with Gasteiger partial charge >= 0.3 is 5.97 Å². The number of hydrogen-bond acceptors (Lipinski definition) is 2. The average Bonchev–Trinajstić information content (AvgIpc) is 2.42. The first-order chi connectivity index (χ1) is 7.96. The smallest absolute Gasteiger partial charge is 0.310 e. The normalized spacial score (nSPS) is 20.5. The summed E-state index contributed by atoms with van der Waals surface area (Å²) in [5.74, 6) is -0.833. The maximum absolute atomic E-state index is 12.3. The Bertz CT molecular complexity index is 251. The fourth-order valence-electron chi connectivity index (χ4n) is 2.66. The summed E-state index contributed by atoms with van der Waals surface area (Å²) < 4.78 is 24.5. The molecule has 1 saturated carbocycles. The lowest BCUT2D eigenvalue weighted by Crippen LogP contribution is -2.43. The summed E-state index contributed by atoms with van der Waals surface area (Å²) >= 11 is 0. The van der Waals surface area contributed by atoms with E-state index in [1.165, 1.54) is 4.90 Å². The summed E-state index contributed by atoms with van der Waals surface area (Å²) in [6.07, 6.45) is 2.67. The van der Waals surface area contributed by atoms with E-state index in [4.69, 9.17) is 0 Å². The highest BCUT2D eigenvalue weighted by molar-refractivity contribution is 5.75. The average molecular weight is 249 g/mol. The lowest BCUT2D eigenvalue weighted by molar-refractivity contribution is -0.151. The van der Waals surface area contributed by atoms with Crippen molar-refractivity contribution in [3.05, 3.63) is 0 Å². The molecule has 0 atom stereocenters. The van der Waals surface area contributed by atoms with Gasteiger partial charge in [0.25, 0.3) is 6.43 Å². The van der Waals surface area contributed by atoms with Crippen LogP contribution < -0.4 is 0 Å². The summed E-state index contributed by atoms with van der Waals surface area (Å²) in [5.41, 5.74) is -0.819. The predicted octanol–water partition coefficient (Wildman–Crippen LogP) is 2.61. The summed E-state index contributed by atoms with van der Waals surface area (Å²) in [6, 6.07) is 0. The zero-order chi connectivity index (χ0) is 12.9. The van der Waals surface area contributed by atoms with Gasteiger partial charge in [0, 0.05) is 6.54 Å². The Hall–Kier alpha value is -0.710. The van der Waals surface area contributed by atoms with Gasteiger partial charge in [-0.25, -0.2) is 8.78 Å². The summed E-state index contributed by atoms with van der Waals surface area (Å²) in [5, 5.41) is 9.38. The molecule has 0 aliphatic heterocycles. The first-order valence-corrected chi connectivity index (χ1v) is 6.16. The van der Waals surface area contributed by atoms with Crippen molar-refractivity contribution in [3.63, 3.8) is 0 Å². The Morgan fingerprint density at radius 2 is 1.82 bits per heavy atom. The Morgan fingerprint density at radius 1 is 1.29 bits per heavy atom. The second kappa shape index (κ2) is 6.28. The van der Waals surface area contributed by atoms with Crippen molar-refractivity contribution in [1.29, 1.82) is 0 Å². The summed E-state index contributed by atoms with van der Waals surface area (Å²) in [7, 11) is 1.57. The number of carboxylic acids is 1. The molecule has 3 nitrogen and oxygen atoms in total. The first kappa shape index (κ1) is 14.4. The van der Waals surface area contributed by atoms with Crippen LogP contribution in [0.15, 0.2) is 0 Å². The van der Waals surface area contributed by atoms with Crippen molar-refractivity contribution >= 4 is 5.97 Å². The molecule has 1 rings (SSSR count). The molecule has 0 heterocycles. The zero-order valence-electron chi connectivity index (χ0n) is 10.3. The summed E-state index contributed by atoms with van der Waals surface area (Å²) in [6.45, 7) is -0.123. The largest absolute Gasteiger partial charge is 0.481 e. The molecule has 17 heavy (non-hydrogen) atoms. The maximum Gasteiger partial charge on any atom is 0.310 e. The Kier molecular flexibility index (Phi) is 5.31. The number of halogens is 2. The molecule has 1 N–H and O–H groups in total. The molecular formula is C12H21F2NO2. The van der Waals surface area contributed by atoms with Gasteiger partial charge in [-0.2, -0.15) is 0 Å². The number of carboxylic acid groups (broad SMARTS) is 1. The molecule has 1 fully saturated rings. The Labute approximate surface area is 101 Å². The first-order valence-electron chi connectivity index (χ1n) is 6.16. The minimum atomic E-state index is -2.41. The molecular weight excluding hydrogens is 228 g/mol. The van der Waals surface area contributed by atoms with Crippen LogP contribution in [0.4, 0.5) is 8.78 Å². The third-order valence-electron chi connectivity index (χ3n) is 3.54. The molecule has 0 amide bonds. The standard InChI is InChI=1S/C12H21F2NO2/c1-15(8-10(13)14)9-12(11(16)17)6-4-2-3-5-7-12/h10H,2-9H2,1H3,(H,16,17). The molecule has 0 saturated heterocycles. The molecule has 1 aliphatic carbocycles. The van der Waals surface area contributed by atoms with E-state index in [0.717, 1.165) is 25.7 Å². The van der Waals surface area contributed by atoms with E-state index in [2.05, 4.69) is 0 Å². The van der Waals surface area contributed by atoms with Crippen molar-refractivity contribution in [1.82, 2.24) is 4.90 Å². The van der Waals surface area contributed by atoms with E-state index in [9.17, 15) is 18.7 Å². The summed E-state index contributed by atoms with van der Waals surface area (Å²) in [4.78, 5) is 12.9. The van der Waals surface area contributed by atoms with Gasteiger partial charge in [0.15, 0.2) is 0 Å². The second-order valence-electron chi connectivity index (χ2n) is 5.09. The zero-order valence-corrected chi connectivity index (χ0v) is 10.3. The third-order valence-corrected chi connectivity index (χ3v) is 3.54. The molecule has 0 unspecified atom stereocenters. The van der Waals surface area contributed by atoms with Gasteiger partial charge in [-0.1, -0.05) is 25.7 Å². The third kappa shape index (κ3) is 4.22. The quantitative estimate of drug-likeness (QED) is 0.761. The van der Waals surface area contributed by atoms with Crippen LogP contribution >= 0.6 is 0 Å². The van der Waals surface area contributed by atoms with E-state index < -0.39 is 17.8 Å². The number of carbonyl (C=O) groups is 1.